The molecule has 0 fully saturated rings. The number of hydrazine groups is 1. The van der Waals surface area contributed by atoms with Crippen LogP contribution < -0.4 is 11.3 Å². The Bertz CT molecular complexity index is 551. The van der Waals surface area contributed by atoms with Crippen LogP contribution in [0.4, 0.5) is 0 Å². The maximum absolute atomic E-state index is 11.2. The predicted octanol–water partition coefficient (Wildman–Crippen LogP) is 1.96. The Labute approximate surface area is 129 Å². The zero-order valence-corrected chi connectivity index (χ0v) is 13.0. The number of nitrogens with zero attached hydrogens (tertiary/aromatic N) is 1. The molecule has 5 heteroatoms. The largest absolute Gasteiger partial charge is 0.302 e. The van der Waals surface area contributed by atoms with Crippen molar-refractivity contribution in [2.75, 3.05) is 13.6 Å². The fraction of sp³-hybridized carbons (Fsp3) is 0.312. The van der Waals surface area contributed by atoms with Gasteiger partial charge < -0.3 is 4.90 Å². The molecule has 1 aromatic carbocycles. The third kappa shape index (κ3) is 5.30. The second-order valence-corrected chi connectivity index (χ2v) is 6.16. The van der Waals surface area contributed by atoms with E-state index in [1.54, 1.807) is 11.3 Å². The van der Waals surface area contributed by atoms with Crippen molar-refractivity contribution in [2.45, 2.75) is 19.4 Å². The number of carbonyl (C=O) groups excluding carboxylic acids is 1. The summed E-state index contributed by atoms with van der Waals surface area (Å²) in [5.41, 5.74) is 4.37. The highest BCUT2D eigenvalue weighted by Gasteiger charge is 2.04. The van der Waals surface area contributed by atoms with E-state index in [2.05, 4.69) is 47.0 Å². The van der Waals surface area contributed by atoms with Crippen LogP contribution in [-0.4, -0.2) is 24.4 Å². The Kier molecular flexibility index (Phi) is 5.92. The van der Waals surface area contributed by atoms with Gasteiger partial charge in [-0.05, 0) is 36.0 Å². The molecule has 0 radical (unpaired) electrons. The van der Waals surface area contributed by atoms with Gasteiger partial charge >= 0.3 is 0 Å². The van der Waals surface area contributed by atoms with Crippen molar-refractivity contribution >= 4 is 17.2 Å². The topological polar surface area (TPSA) is 58.4 Å². The van der Waals surface area contributed by atoms with Crippen LogP contribution in [0.3, 0.4) is 0 Å². The molecular formula is C16H21N3OS. The highest BCUT2D eigenvalue weighted by Crippen LogP contribution is 2.11. The fourth-order valence-electron chi connectivity index (χ4n) is 2.15. The van der Waals surface area contributed by atoms with Crippen LogP contribution in [0.2, 0.25) is 0 Å². The van der Waals surface area contributed by atoms with E-state index in [1.807, 2.05) is 12.1 Å². The van der Waals surface area contributed by atoms with Gasteiger partial charge in [0, 0.05) is 18.0 Å². The molecule has 2 rings (SSSR count). The van der Waals surface area contributed by atoms with Crippen molar-refractivity contribution in [1.29, 1.82) is 0 Å². The second kappa shape index (κ2) is 7.93. The second-order valence-electron chi connectivity index (χ2n) is 5.13. The summed E-state index contributed by atoms with van der Waals surface area (Å²) in [6, 6.07) is 12.4. The lowest BCUT2D eigenvalue weighted by molar-refractivity contribution is -0.120. The van der Waals surface area contributed by atoms with Gasteiger partial charge in [-0.15, -0.1) is 11.3 Å². The van der Waals surface area contributed by atoms with E-state index >= 15 is 0 Å². The van der Waals surface area contributed by atoms with Crippen molar-refractivity contribution in [1.82, 2.24) is 10.3 Å². The summed E-state index contributed by atoms with van der Waals surface area (Å²) in [6.07, 6.45) is 1.41. The third-order valence-corrected chi connectivity index (χ3v) is 4.26. The van der Waals surface area contributed by atoms with Crippen molar-refractivity contribution in [3.8, 4) is 0 Å². The minimum atomic E-state index is -0.171. The quantitative estimate of drug-likeness (QED) is 0.467. The van der Waals surface area contributed by atoms with Gasteiger partial charge in [0.15, 0.2) is 0 Å². The summed E-state index contributed by atoms with van der Waals surface area (Å²) in [5.74, 6) is 4.91. The monoisotopic (exact) mass is 303 g/mol. The molecule has 1 aromatic heterocycles. The Morgan fingerprint density at radius 3 is 2.57 bits per heavy atom. The lowest BCUT2D eigenvalue weighted by Crippen LogP contribution is -2.31. The summed E-state index contributed by atoms with van der Waals surface area (Å²) in [5, 5.41) is 2.12. The summed E-state index contributed by atoms with van der Waals surface area (Å²) >= 11 is 1.81. The van der Waals surface area contributed by atoms with Crippen molar-refractivity contribution in [3.63, 3.8) is 0 Å². The zero-order chi connectivity index (χ0) is 15.1. The number of hydrogen-bond donors (Lipinski definition) is 2. The molecule has 4 nitrogen and oxygen atoms in total. The van der Waals surface area contributed by atoms with Gasteiger partial charge in [0.25, 0.3) is 0 Å². The van der Waals surface area contributed by atoms with E-state index in [0.29, 0.717) is 6.42 Å². The molecule has 0 spiro atoms. The standard InChI is InChI=1S/C16H21N3OS/c1-19(9-8-15-3-2-10-21-15)12-14-6-4-13(5-7-14)11-16(20)18-17/h2-7,10H,8-9,11-12,17H2,1H3,(H,18,20). The number of thiophene rings is 1. The summed E-state index contributed by atoms with van der Waals surface area (Å²) < 4.78 is 0. The number of nitrogens with two attached hydrogens (primary N) is 1. The molecule has 2 aromatic rings. The molecule has 0 aliphatic carbocycles. The van der Waals surface area contributed by atoms with Gasteiger partial charge in [0.05, 0.1) is 6.42 Å². The number of rotatable bonds is 7. The minimum absolute atomic E-state index is 0.171. The van der Waals surface area contributed by atoms with Crippen LogP contribution in [0.15, 0.2) is 41.8 Å². The van der Waals surface area contributed by atoms with Crippen LogP contribution in [-0.2, 0) is 24.2 Å². The molecule has 0 unspecified atom stereocenters. The number of amides is 1. The molecule has 1 heterocycles. The van der Waals surface area contributed by atoms with Gasteiger partial charge in [-0.1, -0.05) is 30.3 Å². The maximum Gasteiger partial charge on any atom is 0.238 e. The highest BCUT2D eigenvalue weighted by atomic mass is 32.1. The van der Waals surface area contributed by atoms with Gasteiger partial charge in [0.1, 0.15) is 0 Å². The van der Waals surface area contributed by atoms with Crippen molar-refractivity contribution in [3.05, 3.63) is 57.8 Å². The normalized spacial score (nSPS) is 10.8. The predicted molar refractivity (Wildman–Crippen MR) is 86.8 cm³/mol. The molecule has 3 N–H and O–H groups in total. The van der Waals surface area contributed by atoms with Gasteiger partial charge in [0.2, 0.25) is 5.91 Å². The van der Waals surface area contributed by atoms with E-state index in [4.69, 9.17) is 5.84 Å². The Hall–Kier alpha value is -1.69. The molecule has 0 aliphatic heterocycles. The van der Waals surface area contributed by atoms with Crippen LogP contribution in [0.5, 0.6) is 0 Å². The average molecular weight is 303 g/mol. The number of likely N-dealkylation sites (N-methyl/N-ethyl adjacent to an activating group) is 1. The summed E-state index contributed by atoms with van der Waals surface area (Å²) in [6.45, 7) is 1.95. The summed E-state index contributed by atoms with van der Waals surface area (Å²) in [4.78, 5) is 14.9. The van der Waals surface area contributed by atoms with E-state index in [0.717, 1.165) is 25.1 Å². The Balaban J connectivity index is 1.80. The summed E-state index contributed by atoms with van der Waals surface area (Å²) in [7, 11) is 2.13. The van der Waals surface area contributed by atoms with Crippen molar-refractivity contribution < 1.29 is 4.79 Å². The Morgan fingerprint density at radius 1 is 1.24 bits per heavy atom. The van der Waals surface area contributed by atoms with E-state index in [-0.39, 0.29) is 5.91 Å². The van der Waals surface area contributed by atoms with Crippen LogP contribution in [0.1, 0.15) is 16.0 Å². The first kappa shape index (κ1) is 15.7. The molecule has 0 saturated heterocycles. The molecular weight excluding hydrogens is 282 g/mol. The number of nitrogens with one attached hydrogen (secondary N) is 1. The first-order valence-electron chi connectivity index (χ1n) is 6.95. The maximum atomic E-state index is 11.2. The third-order valence-electron chi connectivity index (χ3n) is 3.32. The SMILES string of the molecule is CN(CCc1cccs1)Cc1ccc(CC(=O)NN)cc1. The molecule has 112 valence electrons. The van der Waals surface area contributed by atoms with Crippen LogP contribution in [0, 0.1) is 0 Å². The molecule has 0 aliphatic rings. The first-order valence-corrected chi connectivity index (χ1v) is 7.83. The smallest absolute Gasteiger partial charge is 0.238 e. The van der Waals surface area contributed by atoms with Crippen LogP contribution >= 0.6 is 11.3 Å². The van der Waals surface area contributed by atoms with Gasteiger partial charge in [-0.25, -0.2) is 5.84 Å². The molecule has 0 atom stereocenters. The zero-order valence-electron chi connectivity index (χ0n) is 12.2. The molecule has 1 amide bonds. The lowest BCUT2D eigenvalue weighted by Gasteiger charge is -2.16. The fourth-order valence-corrected chi connectivity index (χ4v) is 2.84. The average Bonchev–Trinajstić information content (AvgIpc) is 3.00. The number of carbonyl (C=O) groups is 1. The minimum Gasteiger partial charge on any atom is -0.302 e. The lowest BCUT2D eigenvalue weighted by atomic mass is 10.1. The molecule has 0 bridgehead atoms. The van der Waals surface area contributed by atoms with E-state index < -0.39 is 0 Å². The molecule has 0 saturated carbocycles. The van der Waals surface area contributed by atoms with E-state index in [1.165, 1.54) is 10.4 Å². The van der Waals surface area contributed by atoms with Gasteiger partial charge in [-0.3, -0.25) is 10.2 Å². The molecule has 21 heavy (non-hydrogen) atoms. The van der Waals surface area contributed by atoms with Crippen LogP contribution in [0.25, 0.3) is 0 Å². The number of hydrogen-bond acceptors (Lipinski definition) is 4. The first-order chi connectivity index (χ1) is 10.2. The highest BCUT2D eigenvalue weighted by molar-refractivity contribution is 7.09. The van der Waals surface area contributed by atoms with Crippen molar-refractivity contribution in [2.24, 2.45) is 5.84 Å². The Morgan fingerprint density at radius 2 is 1.95 bits per heavy atom. The number of benzene rings is 1. The van der Waals surface area contributed by atoms with E-state index in [9.17, 15) is 4.79 Å². The van der Waals surface area contributed by atoms with Gasteiger partial charge in [-0.2, -0.15) is 0 Å².